The van der Waals surface area contributed by atoms with Crippen LogP contribution in [0, 0.1) is 5.41 Å². The van der Waals surface area contributed by atoms with E-state index in [4.69, 9.17) is 0 Å². The standard InChI is InChI=1S/C14H25N3O/c1-13(2,3)12(18)11(17-14(4,5)6)7-10-8-15-9-16-10/h8-9,11,17H,7H2,1-6H3,(H,15,16)/t11-/m1/s1. The van der Waals surface area contributed by atoms with E-state index in [2.05, 4.69) is 36.1 Å². The van der Waals surface area contributed by atoms with Gasteiger partial charge in [-0.05, 0) is 20.8 Å². The van der Waals surface area contributed by atoms with Crippen molar-refractivity contribution in [2.45, 2.75) is 59.5 Å². The number of rotatable bonds is 4. The van der Waals surface area contributed by atoms with Crippen LogP contribution in [-0.4, -0.2) is 27.3 Å². The first-order valence-electron chi connectivity index (χ1n) is 6.39. The molecule has 0 radical (unpaired) electrons. The predicted molar refractivity (Wildman–Crippen MR) is 73.4 cm³/mol. The normalized spacial score (nSPS) is 14.6. The van der Waals surface area contributed by atoms with Crippen molar-refractivity contribution in [3.05, 3.63) is 18.2 Å². The lowest BCUT2D eigenvalue weighted by atomic mass is 9.84. The first-order chi connectivity index (χ1) is 8.09. The third-order valence-corrected chi connectivity index (χ3v) is 2.63. The van der Waals surface area contributed by atoms with Gasteiger partial charge in [-0.3, -0.25) is 4.79 Å². The summed E-state index contributed by atoms with van der Waals surface area (Å²) in [5.41, 5.74) is 0.468. The van der Waals surface area contributed by atoms with Crippen LogP contribution in [0.15, 0.2) is 12.5 Å². The van der Waals surface area contributed by atoms with Crippen LogP contribution in [-0.2, 0) is 11.2 Å². The van der Waals surface area contributed by atoms with E-state index < -0.39 is 0 Å². The molecule has 0 unspecified atom stereocenters. The molecule has 0 aliphatic carbocycles. The zero-order valence-corrected chi connectivity index (χ0v) is 12.3. The average Bonchev–Trinajstić information content (AvgIpc) is 2.64. The molecule has 0 fully saturated rings. The Labute approximate surface area is 110 Å². The van der Waals surface area contributed by atoms with Crippen molar-refractivity contribution in [1.82, 2.24) is 15.3 Å². The summed E-state index contributed by atoms with van der Waals surface area (Å²) in [4.78, 5) is 19.6. The van der Waals surface area contributed by atoms with E-state index in [1.54, 1.807) is 6.33 Å². The third-order valence-electron chi connectivity index (χ3n) is 2.63. The van der Waals surface area contributed by atoms with Gasteiger partial charge in [0.25, 0.3) is 0 Å². The van der Waals surface area contributed by atoms with Gasteiger partial charge in [0, 0.05) is 23.6 Å². The zero-order chi connectivity index (χ0) is 14.0. The molecule has 0 bridgehead atoms. The van der Waals surface area contributed by atoms with Gasteiger partial charge >= 0.3 is 0 Å². The molecule has 0 amide bonds. The second-order valence-corrected chi connectivity index (χ2v) is 6.83. The maximum absolute atomic E-state index is 12.5. The van der Waals surface area contributed by atoms with Gasteiger partial charge in [-0.15, -0.1) is 0 Å². The molecule has 1 atom stereocenters. The average molecular weight is 251 g/mol. The lowest BCUT2D eigenvalue weighted by Gasteiger charge is -2.31. The van der Waals surface area contributed by atoms with E-state index in [0.29, 0.717) is 6.42 Å². The van der Waals surface area contributed by atoms with Crippen LogP contribution in [0.25, 0.3) is 0 Å². The highest BCUT2D eigenvalue weighted by Crippen LogP contribution is 2.20. The van der Waals surface area contributed by atoms with Crippen molar-refractivity contribution in [3.8, 4) is 0 Å². The van der Waals surface area contributed by atoms with Crippen molar-refractivity contribution in [2.75, 3.05) is 0 Å². The molecule has 0 aromatic carbocycles. The topological polar surface area (TPSA) is 57.8 Å². The smallest absolute Gasteiger partial charge is 0.155 e. The number of carbonyl (C=O) groups is 1. The quantitative estimate of drug-likeness (QED) is 0.863. The SMILES string of the molecule is CC(C)(C)N[C@H](Cc1c[nH]cn1)C(=O)C(C)(C)C. The highest BCUT2D eigenvalue weighted by molar-refractivity contribution is 5.89. The van der Waals surface area contributed by atoms with Crippen molar-refractivity contribution in [3.63, 3.8) is 0 Å². The number of imidazole rings is 1. The third kappa shape index (κ3) is 4.61. The second-order valence-electron chi connectivity index (χ2n) is 6.83. The summed E-state index contributed by atoms with van der Waals surface area (Å²) in [6.07, 6.45) is 4.11. The number of aromatic amines is 1. The summed E-state index contributed by atoms with van der Waals surface area (Å²) in [7, 11) is 0. The number of aromatic nitrogens is 2. The second kappa shape index (κ2) is 5.22. The van der Waals surface area contributed by atoms with Gasteiger partial charge in [0.15, 0.2) is 5.78 Å². The number of Topliss-reactive ketones (excluding diaryl/α,β-unsaturated/α-hetero) is 1. The Morgan fingerprint density at radius 3 is 2.33 bits per heavy atom. The lowest BCUT2D eigenvalue weighted by molar-refractivity contribution is -0.128. The fourth-order valence-electron chi connectivity index (χ4n) is 1.87. The van der Waals surface area contributed by atoms with E-state index in [9.17, 15) is 4.79 Å². The maximum atomic E-state index is 12.5. The highest BCUT2D eigenvalue weighted by Gasteiger charge is 2.32. The Morgan fingerprint density at radius 1 is 1.33 bits per heavy atom. The van der Waals surface area contributed by atoms with Gasteiger partial charge in [0.2, 0.25) is 0 Å². The van der Waals surface area contributed by atoms with Gasteiger partial charge in [0.1, 0.15) is 0 Å². The molecule has 1 aromatic heterocycles. The van der Waals surface area contributed by atoms with Gasteiger partial charge in [-0.1, -0.05) is 20.8 Å². The van der Waals surface area contributed by atoms with Gasteiger partial charge in [-0.2, -0.15) is 0 Å². The minimum atomic E-state index is -0.348. The van der Waals surface area contributed by atoms with Crippen LogP contribution in [0.4, 0.5) is 0 Å². The Balaban J connectivity index is 2.85. The molecule has 0 aliphatic heterocycles. The van der Waals surface area contributed by atoms with E-state index in [-0.39, 0.29) is 22.8 Å². The van der Waals surface area contributed by atoms with Crippen LogP contribution in [0.2, 0.25) is 0 Å². The summed E-state index contributed by atoms with van der Waals surface area (Å²) in [6, 6.07) is -0.201. The van der Waals surface area contributed by atoms with Gasteiger partial charge in [-0.25, -0.2) is 4.98 Å². The van der Waals surface area contributed by atoms with Crippen molar-refractivity contribution in [2.24, 2.45) is 5.41 Å². The Bertz CT molecular complexity index is 382. The molecule has 18 heavy (non-hydrogen) atoms. The number of ketones is 1. The first-order valence-corrected chi connectivity index (χ1v) is 6.39. The van der Waals surface area contributed by atoms with Crippen molar-refractivity contribution in [1.29, 1.82) is 0 Å². The minimum Gasteiger partial charge on any atom is -0.351 e. The molecular formula is C14H25N3O. The number of H-pyrrole nitrogens is 1. The summed E-state index contributed by atoms with van der Waals surface area (Å²) >= 11 is 0. The van der Waals surface area contributed by atoms with E-state index in [0.717, 1.165) is 5.69 Å². The van der Waals surface area contributed by atoms with Crippen LogP contribution in [0.1, 0.15) is 47.2 Å². The molecule has 102 valence electrons. The van der Waals surface area contributed by atoms with Crippen LogP contribution in [0.3, 0.4) is 0 Å². The monoisotopic (exact) mass is 251 g/mol. The Hall–Kier alpha value is -1.16. The molecular weight excluding hydrogens is 226 g/mol. The summed E-state index contributed by atoms with van der Waals surface area (Å²) < 4.78 is 0. The summed E-state index contributed by atoms with van der Waals surface area (Å²) in [6.45, 7) is 12.1. The van der Waals surface area contributed by atoms with E-state index in [1.165, 1.54) is 0 Å². The van der Waals surface area contributed by atoms with Crippen LogP contribution < -0.4 is 5.32 Å². The minimum absolute atomic E-state index is 0.0954. The molecule has 0 spiro atoms. The maximum Gasteiger partial charge on any atom is 0.155 e. The number of carbonyl (C=O) groups excluding carboxylic acids is 1. The molecule has 1 heterocycles. The molecule has 4 nitrogen and oxygen atoms in total. The van der Waals surface area contributed by atoms with Crippen LogP contribution >= 0.6 is 0 Å². The van der Waals surface area contributed by atoms with E-state index >= 15 is 0 Å². The Kier molecular flexibility index (Phi) is 4.32. The van der Waals surface area contributed by atoms with E-state index in [1.807, 2.05) is 27.0 Å². The highest BCUT2D eigenvalue weighted by atomic mass is 16.1. The van der Waals surface area contributed by atoms with Crippen molar-refractivity contribution < 1.29 is 4.79 Å². The Morgan fingerprint density at radius 2 is 1.94 bits per heavy atom. The molecule has 1 rings (SSSR count). The predicted octanol–water partition coefficient (Wildman–Crippen LogP) is 2.32. The molecule has 2 N–H and O–H groups in total. The van der Waals surface area contributed by atoms with Gasteiger partial charge in [0.05, 0.1) is 18.1 Å². The fourth-order valence-corrected chi connectivity index (χ4v) is 1.87. The van der Waals surface area contributed by atoms with Crippen LogP contribution in [0.5, 0.6) is 0 Å². The first kappa shape index (κ1) is 14.9. The van der Waals surface area contributed by atoms with Gasteiger partial charge < -0.3 is 10.3 Å². The number of nitrogens with one attached hydrogen (secondary N) is 2. The van der Waals surface area contributed by atoms with Crippen molar-refractivity contribution >= 4 is 5.78 Å². The molecule has 0 saturated carbocycles. The number of nitrogens with zero attached hydrogens (tertiary/aromatic N) is 1. The zero-order valence-electron chi connectivity index (χ0n) is 12.3. The molecule has 0 aliphatic rings. The summed E-state index contributed by atoms with van der Waals surface area (Å²) in [5, 5.41) is 3.40. The summed E-state index contributed by atoms with van der Waals surface area (Å²) in [5.74, 6) is 0.223. The fraction of sp³-hybridized carbons (Fsp3) is 0.714. The largest absolute Gasteiger partial charge is 0.351 e. The number of hydrogen-bond acceptors (Lipinski definition) is 3. The molecule has 1 aromatic rings. The number of hydrogen-bond donors (Lipinski definition) is 2. The molecule has 0 saturated heterocycles. The lowest BCUT2D eigenvalue weighted by Crippen LogP contribution is -2.51. The molecule has 4 heteroatoms.